The fourth-order valence-electron chi connectivity index (χ4n) is 1.45. The summed E-state index contributed by atoms with van der Waals surface area (Å²) in [5, 5.41) is 18.4. The summed E-state index contributed by atoms with van der Waals surface area (Å²) in [5.74, 6) is 0. The predicted molar refractivity (Wildman–Crippen MR) is 61.7 cm³/mol. The number of hydrogen-bond donors (Lipinski definition) is 2. The molecular weight excluding hydrogens is 210 g/mol. The van der Waals surface area contributed by atoms with E-state index in [0.29, 0.717) is 6.54 Å². The van der Waals surface area contributed by atoms with Crippen LogP contribution in [0.3, 0.4) is 0 Å². The second kappa shape index (κ2) is 5.53. The predicted octanol–water partition coefficient (Wildman–Crippen LogP) is 1.42. The SMILES string of the molecule is CC(C)(C)CC(CO)NCc1csnn1. The van der Waals surface area contributed by atoms with Gasteiger partial charge in [-0.2, -0.15) is 0 Å². The van der Waals surface area contributed by atoms with E-state index >= 15 is 0 Å². The first-order chi connectivity index (χ1) is 7.01. The lowest BCUT2D eigenvalue weighted by Gasteiger charge is -2.25. The number of rotatable bonds is 5. The number of aromatic nitrogens is 2. The fraction of sp³-hybridized carbons (Fsp3) is 0.800. The van der Waals surface area contributed by atoms with Gasteiger partial charge in [-0.1, -0.05) is 25.3 Å². The number of nitrogens with one attached hydrogen (secondary N) is 1. The summed E-state index contributed by atoms with van der Waals surface area (Å²) in [6.07, 6.45) is 0.946. The Hall–Kier alpha value is -0.520. The molecule has 1 rings (SSSR count). The molecule has 0 bridgehead atoms. The number of nitrogens with zero attached hydrogens (tertiary/aromatic N) is 2. The molecule has 1 unspecified atom stereocenters. The highest BCUT2D eigenvalue weighted by Crippen LogP contribution is 2.20. The van der Waals surface area contributed by atoms with Crippen molar-refractivity contribution in [2.24, 2.45) is 5.41 Å². The van der Waals surface area contributed by atoms with E-state index in [-0.39, 0.29) is 18.1 Å². The molecule has 4 nitrogen and oxygen atoms in total. The second-order valence-corrected chi connectivity index (χ2v) is 5.53. The van der Waals surface area contributed by atoms with Gasteiger partial charge in [-0.15, -0.1) is 5.10 Å². The average molecular weight is 229 g/mol. The minimum Gasteiger partial charge on any atom is -0.395 e. The van der Waals surface area contributed by atoms with Crippen LogP contribution in [0.4, 0.5) is 0 Å². The van der Waals surface area contributed by atoms with Crippen molar-refractivity contribution in [1.29, 1.82) is 0 Å². The molecule has 86 valence electrons. The zero-order chi connectivity index (χ0) is 11.3. The van der Waals surface area contributed by atoms with Crippen LogP contribution in [0.15, 0.2) is 5.38 Å². The summed E-state index contributed by atoms with van der Waals surface area (Å²) in [5.41, 5.74) is 1.16. The van der Waals surface area contributed by atoms with Crippen LogP contribution < -0.4 is 5.32 Å². The third-order valence-electron chi connectivity index (χ3n) is 2.06. The van der Waals surface area contributed by atoms with Gasteiger partial charge >= 0.3 is 0 Å². The minimum absolute atomic E-state index is 0.131. The molecule has 1 aromatic rings. The molecule has 0 aliphatic heterocycles. The monoisotopic (exact) mass is 229 g/mol. The maximum atomic E-state index is 9.22. The molecule has 0 aliphatic rings. The summed E-state index contributed by atoms with van der Waals surface area (Å²) in [7, 11) is 0. The van der Waals surface area contributed by atoms with Crippen molar-refractivity contribution in [3.63, 3.8) is 0 Å². The molecule has 0 fully saturated rings. The van der Waals surface area contributed by atoms with Gasteiger partial charge in [-0.25, -0.2) is 0 Å². The quantitative estimate of drug-likeness (QED) is 0.802. The second-order valence-electron chi connectivity index (χ2n) is 4.92. The molecule has 0 radical (unpaired) electrons. The molecule has 1 heterocycles. The molecule has 0 amide bonds. The van der Waals surface area contributed by atoms with E-state index in [2.05, 4.69) is 35.7 Å². The molecule has 0 saturated carbocycles. The number of aliphatic hydroxyl groups is 1. The van der Waals surface area contributed by atoms with Crippen LogP contribution in [-0.2, 0) is 6.54 Å². The van der Waals surface area contributed by atoms with Gasteiger partial charge in [0.15, 0.2) is 0 Å². The largest absolute Gasteiger partial charge is 0.395 e. The van der Waals surface area contributed by atoms with Crippen molar-refractivity contribution in [3.8, 4) is 0 Å². The van der Waals surface area contributed by atoms with Crippen molar-refractivity contribution < 1.29 is 5.11 Å². The normalized spacial score (nSPS) is 14.1. The topological polar surface area (TPSA) is 58.0 Å². The Morgan fingerprint density at radius 3 is 2.73 bits per heavy atom. The Labute approximate surface area is 94.9 Å². The van der Waals surface area contributed by atoms with Crippen LogP contribution >= 0.6 is 11.5 Å². The Kier molecular flexibility index (Phi) is 4.63. The standard InChI is InChI=1S/C10H19N3OS/c1-10(2,3)4-8(6-14)11-5-9-7-15-13-12-9/h7-8,11,14H,4-6H2,1-3H3. The lowest BCUT2D eigenvalue weighted by Crippen LogP contribution is -2.35. The van der Waals surface area contributed by atoms with Crippen LogP contribution in [0.1, 0.15) is 32.9 Å². The van der Waals surface area contributed by atoms with Crippen molar-refractivity contribution in [2.45, 2.75) is 39.8 Å². The maximum absolute atomic E-state index is 9.22. The minimum atomic E-state index is 0.131. The summed E-state index contributed by atoms with van der Waals surface area (Å²) in [6.45, 7) is 7.35. The van der Waals surface area contributed by atoms with E-state index in [4.69, 9.17) is 0 Å². The van der Waals surface area contributed by atoms with Crippen LogP contribution in [0.25, 0.3) is 0 Å². The van der Waals surface area contributed by atoms with Gasteiger partial charge in [0, 0.05) is 18.0 Å². The highest BCUT2D eigenvalue weighted by Gasteiger charge is 2.17. The zero-order valence-corrected chi connectivity index (χ0v) is 10.3. The highest BCUT2D eigenvalue weighted by atomic mass is 32.1. The summed E-state index contributed by atoms with van der Waals surface area (Å²) in [6, 6.07) is 0.131. The van der Waals surface area contributed by atoms with Crippen molar-refractivity contribution in [2.75, 3.05) is 6.61 Å². The van der Waals surface area contributed by atoms with Gasteiger partial charge in [-0.05, 0) is 23.4 Å². The first-order valence-electron chi connectivity index (χ1n) is 5.11. The number of hydrogen-bond acceptors (Lipinski definition) is 5. The molecule has 1 atom stereocenters. The van der Waals surface area contributed by atoms with E-state index in [1.54, 1.807) is 0 Å². The van der Waals surface area contributed by atoms with Gasteiger partial charge in [-0.3, -0.25) is 0 Å². The van der Waals surface area contributed by atoms with E-state index in [1.165, 1.54) is 11.5 Å². The first-order valence-corrected chi connectivity index (χ1v) is 5.95. The molecule has 0 saturated heterocycles. The lowest BCUT2D eigenvalue weighted by molar-refractivity contribution is 0.197. The smallest absolute Gasteiger partial charge is 0.0893 e. The van der Waals surface area contributed by atoms with E-state index < -0.39 is 0 Å². The van der Waals surface area contributed by atoms with Crippen LogP contribution in [0.2, 0.25) is 0 Å². The Morgan fingerprint density at radius 1 is 1.53 bits per heavy atom. The Morgan fingerprint density at radius 2 is 2.27 bits per heavy atom. The van der Waals surface area contributed by atoms with Crippen molar-refractivity contribution >= 4 is 11.5 Å². The fourth-order valence-corrected chi connectivity index (χ4v) is 1.90. The molecule has 0 aromatic carbocycles. The van der Waals surface area contributed by atoms with Gasteiger partial charge in [0.25, 0.3) is 0 Å². The lowest BCUT2D eigenvalue weighted by atomic mass is 9.88. The van der Waals surface area contributed by atoms with E-state index in [9.17, 15) is 5.11 Å². The molecule has 1 aromatic heterocycles. The van der Waals surface area contributed by atoms with Crippen LogP contribution in [0, 0.1) is 5.41 Å². The Bertz CT molecular complexity index is 269. The van der Waals surface area contributed by atoms with E-state index in [0.717, 1.165) is 12.1 Å². The summed E-state index contributed by atoms with van der Waals surface area (Å²) >= 11 is 1.35. The first kappa shape index (κ1) is 12.5. The summed E-state index contributed by atoms with van der Waals surface area (Å²) < 4.78 is 3.79. The van der Waals surface area contributed by atoms with Gasteiger partial charge in [0.2, 0.25) is 0 Å². The Balaban J connectivity index is 2.34. The van der Waals surface area contributed by atoms with Crippen LogP contribution in [0.5, 0.6) is 0 Å². The third kappa shape index (κ3) is 5.20. The maximum Gasteiger partial charge on any atom is 0.0893 e. The summed E-state index contributed by atoms with van der Waals surface area (Å²) in [4.78, 5) is 0. The molecule has 0 spiro atoms. The molecule has 15 heavy (non-hydrogen) atoms. The van der Waals surface area contributed by atoms with Gasteiger partial charge < -0.3 is 10.4 Å². The highest BCUT2D eigenvalue weighted by molar-refractivity contribution is 7.03. The van der Waals surface area contributed by atoms with E-state index in [1.807, 2.05) is 5.38 Å². The average Bonchev–Trinajstić information content (AvgIpc) is 2.62. The molecule has 0 aliphatic carbocycles. The van der Waals surface area contributed by atoms with Gasteiger partial charge in [0.1, 0.15) is 0 Å². The zero-order valence-electron chi connectivity index (χ0n) is 9.53. The molecule has 5 heteroatoms. The molecule has 2 N–H and O–H groups in total. The van der Waals surface area contributed by atoms with Crippen molar-refractivity contribution in [3.05, 3.63) is 11.1 Å². The van der Waals surface area contributed by atoms with Crippen LogP contribution in [-0.4, -0.2) is 27.3 Å². The number of aliphatic hydroxyl groups excluding tert-OH is 1. The molecular formula is C10H19N3OS. The van der Waals surface area contributed by atoms with Crippen molar-refractivity contribution in [1.82, 2.24) is 14.9 Å². The third-order valence-corrected chi connectivity index (χ3v) is 2.61. The van der Waals surface area contributed by atoms with Gasteiger partial charge in [0.05, 0.1) is 12.3 Å².